The van der Waals surface area contributed by atoms with Crippen LogP contribution in [-0.2, 0) is 16.0 Å². The van der Waals surface area contributed by atoms with Gasteiger partial charge in [0.1, 0.15) is 11.6 Å². The fourth-order valence-electron chi connectivity index (χ4n) is 4.57. The molecule has 2 heterocycles. The maximum absolute atomic E-state index is 14.7. The smallest absolute Gasteiger partial charge is 0.419 e. The average Bonchev–Trinajstić information content (AvgIpc) is 3.57. The topological polar surface area (TPSA) is 107 Å². The molecule has 202 valence electrons. The van der Waals surface area contributed by atoms with E-state index in [9.17, 15) is 40.4 Å². The van der Waals surface area contributed by atoms with Gasteiger partial charge >= 0.3 is 6.18 Å². The third-order valence-electron chi connectivity index (χ3n) is 6.58. The minimum absolute atomic E-state index is 0.0376. The number of hydrogen-bond donors (Lipinski definition) is 2. The lowest BCUT2D eigenvalue weighted by atomic mass is 10.00. The predicted molar refractivity (Wildman–Crippen MR) is 120 cm³/mol. The lowest BCUT2D eigenvalue weighted by Crippen LogP contribution is -3.19. The number of amides is 1. The molecule has 0 spiro atoms. The molecule has 1 aliphatic heterocycles. The van der Waals surface area contributed by atoms with Crippen LogP contribution in [0.15, 0.2) is 35.5 Å². The van der Waals surface area contributed by atoms with Crippen molar-refractivity contribution in [2.45, 2.75) is 49.5 Å². The molecule has 1 aliphatic carbocycles. The molecule has 8 nitrogen and oxygen atoms in total. The molecular weight excluding hydrogens is 523 g/mol. The first-order valence-electron chi connectivity index (χ1n) is 11.5. The number of quaternary nitrogens is 1. The zero-order chi connectivity index (χ0) is 27.3. The van der Waals surface area contributed by atoms with Crippen molar-refractivity contribution in [2.24, 2.45) is 11.8 Å². The third-order valence-corrected chi connectivity index (χ3v) is 7.66. The molecule has 1 saturated heterocycles. The van der Waals surface area contributed by atoms with Crippen LogP contribution in [-0.4, -0.2) is 43.2 Å². The number of aromatic nitrogens is 1. The maximum Gasteiger partial charge on any atom is 0.419 e. The molecule has 1 aromatic heterocycles. The summed E-state index contributed by atoms with van der Waals surface area (Å²) in [7, 11) is -3.64. The van der Waals surface area contributed by atoms with Crippen molar-refractivity contribution < 1.29 is 40.3 Å². The van der Waals surface area contributed by atoms with Gasteiger partial charge in [-0.3, -0.25) is 19.9 Å². The van der Waals surface area contributed by atoms with E-state index in [2.05, 4.69) is 10.4 Å². The Morgan fingerprint density at radius 1 is 1.19 bits per heavy atom. The number of rotatable bonds is 7. The van der Waals surface area contributed by atoms with Crippen molar-refractivity contribution >= 4 is 15.7 Å². The molecule has 0 radical (unpaired) electrons. The molecule has 1 amide bonds. The molecular formula is C23H25F5N4O4S. The molecule has 4 rings (SSSR count). The average molecular weight is 549 g/mol. The van der Waals surface area contributed by atoms with Crippen LogP contribution in [0.2, 0.25) is 0 Å². The second kappa shape index (κ2) is 9.89. The summed E-state index contributed by atoms with van der Waals surface area (Å²) in [6, 6.07) is 0.633. The van der Waals surface area contributed by atoms with Gasteiger partial charge in [-0.2, -0.15) is 18.6 Å². The molecule has 2 N–H and O–H groups in total. The van der Waals surface area contributed by atoms with Crippen LogP contribution in [0.4, 0.5) is 22.0 Å². The van der Waals surface area contributed by atoms with Gasteiger partial charge in [-0.15, -0.1) is 0 Å². The lowest BCUT2D eigenvalue weighted by molar-refractivity contribution is -0.934. The summed E-state index contributed by atoms with van der Waals surface area (Å²) >= 11 is 0. The van der Waals surface area contributed by atoms with Gasteiger partial charge in [0.15, 0.2) is 16.0 Å². The number of hydrogen-bond acceptors (Lipinski definition) is 6. The zero-order valence-electron chi connectivity index (χ0n) is 19.9. The van der Waals surface area contributed by atoms with Crippen molar-refractivity contribution in [3.8, 4) is 0 Å². The highest BCUT2D eigenvalue weighted by Gasteiger charge is 2.43. The molecule has 37 heavy (non-hydrogen) atoms. The van der Waals surface area contributed by atoms with Gasteiger partial charge in [-0.1, -0.05) is 6.92 Å². The second-order valence-corrected chi connectivity index (χ2v) is 11.7. The molecule has 4 atom stereocenters. The van der Waals surface area contributed by atoms with Gasteiger partial charge < -0.3 is 5.21 Å². The van der Waals surface area contributed by atoms with Crippen LogP contribution < -0.4 is 10.6 Å². The number of pyridine rings is 1. The molecule has 14 heteroatoms. The molecule has 2 fully saturated rings. The van der Waals surface area contributed by atoms with E-state index in [4.69, 9.17) is 0 Å². The van der Waals surface area contributed by atoms with E-state index in [-0.39, 0.29) is 41.3 Å². The highest BCUT2D eigenvalue weighted by Crippen LogP contribution is 2.43. The standard InChI is InChI=1S/C23H25F5N4O4S/c1-12-5-20(31(11-12)22(33)14-6-15(10-29-9-14)37(2,35)36)32(34)30-21(13-3-4-13)16-7-19(25)17(8-18(16)24)23(26,27)28/h6-10,12-13,20-21,30,32H,3-5,11H2,1-2H3/t12-,20+,21-/m1/s1. The van der Waals surface area contributed by atoms with Gasteiger partial charge in [-0.25, -0.2) is 17.2 Å². The number of hydroxylamine groups is 1. The van der Waals surface area contributed by atoms with E-state index in [0.717, 1.165) is 18.5 Å². The van der Waals surface area contributed by atoms with E-state index < -0.39 is 62.1 Å². The molecule has 1 saturated carbocycles. The first kappa shape index (κ1) is 27.4. The van der Waals surface area contributed by atoms with Gasteiger partial charge in [0.25, 0.3) is 5.91 Å². The van der Waals surface area contributed by atoms with Gasteiger partial charge in [0.05, 0.1) is 22.1 Å². The Bertz CT molecular complexity index is 1300. The number of halogens is 5. The van der Waals surface area contributed by atoms with Crippen molar-refractivity contribution in [3.63, 3.8) is 0 Å². The molecule has 2 aliphatic rings. The quantitative estimate of drug-likeness (QED) is 0.407. The first-order chi connectivity index (χ1) is 17.2. The van der Waals surface area contributed by atoms with Crippen LogP contribution >= 0.6 is 0 Å². The van der Waals surface area contributed by atoms with Crippen LogP contribution in [0.3, 0.4) is 0 Å². The number of nitrogens with one attached hydrogen (secondary N) is 2. The second-order valence-electron chi connectivity index (χ2n) is 9.67. The summed E-state index contributed by atoms with van der Waals surface area (Å²) in [5, 5.41) is 12.6. The monoisotopic (exact) mass is 548 g/mol. The minimum atomic E-state index is -5.08. The van der Waals surface area contributed by atoms with E-state index in [1.807, 2.05) is 6.92 Å². The van der Waals surface area contributed by atoms with Crippen LogP contribution in [0.25, 0.3) is 0 Å². The van der Waals surface area contributed by atoms with Crippen molar-refractivity contribution in [2.75, 3.05) is 12.8 Å². The Balaban J connectivity index is 1.59. The Hall–Kier alpha value is -2.68. The summed E-state index contributed by atoms with van der Waals surface area (Å²) < 4.78 is 91.6. The SMILES string of the molecule is C[C@@H]1C[C@H]([NH+]([O-])N[C@@H](c2cc(F)c(C(F)(F)F)cc2F)C2CC2)N(C(=O)c2cncc(S(C)(=O)=O)c2)C1. The number of nitrogens with zero attached hydrogens (tertiary/aromatic N) is 2. The third kappa shape index (κ3) is 5.92. The fourth-order valence-corrected chi connectivity index (χ4v) is 5.16. The van der Waals surface area contributed by atoms with Crippen molar-refractivity contribution in [1.82, 2.24) is 15.3 Å². The maximum atomic E-state index is 14.7. The zero-order valence-corrected chi connectivity index (χ0v) is 20.7. The number of likely N-dealkylation sites (tertiary alicyclic amines) is 1. The van der Waals surface area contributed by atoms with E-state index >= 15 is 0 Å². The summed E-state index contributed by atoms with van der Waals surface area (Å²) in [4.78, 5) is 18.1. The van der Waals surface area contributed by atoms with E-state index in [0.29, 0.717) is 18.9 Å². The first-order valence-corrected chi connectivity index (χ1v) is 13.4. The van der Waals surface area contributed by atoms with Crippen LogP contribution in [0.1, 0.15) is 53.7 Å². The number of alkyl halides is 3. The summed E-state index contributed by atoms with van der Waals surface area (Å²) in [5.41, 5.74) is 0.458. The van der Waals surface area contributed by atoms with Gasteiger partial charge in [-0.05, 0) is 42.9 Å². The summed E-state index contributed by atoms with van der Waals surface area (Å²) in [6.07, 6.45) is -1.48. The number of sulfone groups is 1. The Morgan fingerprint density at radius 2 is 1.86 bits per heavy atom. The van der Waals surface area contributed by atoms with Gasteiger partial charge in [0.2, 0.25) is 0 Å². The largest absolute Gasteiger partial charge is 0.612 e. The Morgan fingerprint density at radius 3 is 2.46 bits per heavy atom. The van der Waals surface area contributed by atoms with Crippen molar-refractivity contribution in [3.05, 3.63) is 64.1 Å². The van der Waals surface area contributed by atoms with Crippen LogP contribution in [0, 0.1) is 28.7 Å². The number of benzene rings is 1. The predicted octanol–water partition coefficient (Wildman–Crippen LogP) is 2.63. The van der Waals surface area contributed by atoms with E-state index in [1.165, 1.54) is 11.1 Å². The van der Waals surface area contributed by atoms with Crippen molar-refractivity contribution in [1.29, 1.82) is 0 Å². The number of carbonyl (C=O) groups is 1. The molecule has 2 aromatic rings. The molecule has 0 bridgehead atoms. The molecule has 1 unspecified atom stereocenters. The highest BCUT2D eigenvalue weighted by molar-refractivity contribution is 7.90. The summed E-state index contributed by atoms with van der Waals surface area (Å²) in [6.45, 7) is 1.99. The summed E-state index contributed by atoms with van der Waals surface area (Å²) in [5.74, 6) is -3.97. The normalized spacial score (nSPS) is 22.2. The van der Waals surface area contributed by atoms with Crippen LogP contribution in [0.5, 0.6) is 0 Å². The highest BCUT2D eigenvalue weighted by atomic mass is 32.2. The minimum Gasteiger partial charge on any atom is -0.612 e. The Kier molecular flexibility index (Phi) is 7.31. The fraction of sp³-hybridized carbons (Fsp3) is 0.478. The number of carbonyl (C=O) groups excluding carboxylic acids is 1. The van der Waals surface area contributed by atoms with Gasteiger partial charge in [0, 0.05) is 37.2 Å². The Labute approximate surface area is 209 Å². The molecule has 1 aromatic carbocycles. The lowest BCUT2D eigenvalue weighted by Gasteiger charge is -2.37. The van der Waals surface area contributed by atoms with E-state index in [1.54, 1.807) is 0 Å².